The lowest BCUT2D eigenvalue weighted by atomic mass is 10.1. The van der Waals surface area contributed by atoms with Crippen LogP contribution < -0.4 is 0 Å². The van der Waals surface area contributed by atoms with Crippen LogP contribution in [0.2, 0.25) is 0 Å². The van der Waals surface area contributed by atoms with E-state index in [1.54, 1.807) is 19.2 Å². The summed E-state index contributed by atoms with van der Waals surface area (Å²) in [5.41, 5.74) is 1.81. The highest BCUT2D eigenvalue weighted by atomic mass is 16.6. The second kappa shape index (κ2) is 4.30. The van der Waals surface area contributed by atoms with E-state index < -0.39 is 4.92 Å². The van der Waals surface area contributed by atoms with Crippen LogP contribution in [0.5, 0.6) is 0 Å². The molecule has 7 heteroatoms. The number of hydrogen-bond donors (Lipinski definition) is 1. The van der Waals surface area contributed by atoms with E-state index in [0.717, 1.165) is 0 Å². The van der Waals surface area contributed by atoms with E-state index in [1.807, 2.05) is 0 Å². The maximum Gasteiger partial charge on any atom is 0.269 e. The van der Waals surface area contributed by atoms with Gasteiger partial charge in [0.1, 0.15) is 5.69 Å². The Bertz CT molecular complexity index is 547. The molecule has 0 unspecified atom stereocenters. The summed E-state index contributed by atoms with van der Waals surface area (Å²) in [6.07, 6.45) is 0. The average Bonchev–Trinajstić information content (AvgIpc) is 2.70. The number of nitro benzene ring substituents is 1. The van der Waals surface area contributed by atoms with Gasteiger partial charge in [-0.2, -0.15) is 0 Å². The monoisotopic (exact) mass is 234 g/mol. The third-order valence-corrected chi connectivity index (χ3v) is 2.44. The Labute approximate surface area is 96.5 Å². The molecule has 88 valence electrons. The molecule has 0 spiro atoms. The minimum Gasteiger partial charge on any atom is -0.390 e. The lowest BCUT2D eigenvalue weighted by molar-refractivity contribution is -0.384. The zero-order chi connectivity index (χ0) is 12.4. The van der Waals surface area contributed by atoms with Gasteiger partial charge in [0.05, 0.1) is 17.2 Å². The van der Waals surface area contributed by atoms with Crippen molar-refractivity contribution in [1.29, 1.82) is 0 Å². The average molecular weight is 234 g/mol. The third kappa shape index (κ3) is 2.00. The topological polar surface area (TPSA) is 94.1 Å². The highest BCUT2D eigenvalue weighted by molar-refractivity contribution is 5.62. The van der Waals surface area contributed by atoms with Crippen molar-refractivity contribution in [1.82, 2.24) is 15.0 Å². The second-order valence-corrected chi connectivity index (χ2v) is 3.47. The number of aliphatic hydroxyl groups excluding tert-OH is 1. The molecule has 0 radical (unpaired) electrons. The number of non-ortho nitro benzene ring substituents is 1. The molecule has 0 aliphatic carbocycles. The van der Waals surface area contributed by atoms with Crippen molar-refractivity contribution < 1.29 is 10.0 Å². The van der Waals surface area contributed by atoms with Crippen LogP contribution in [0.3, 0.4) is 0 Å². The first-order valence-electron chi connectivity index (χ1n) is 4.87. The summed E-state index contributed by atoms with van der Waals surface area (Å²) < 4.78 is 1.47. The van der Waals surface area contributed by atoms with Crippen LogP contribution in [-0.4, -0.2) is 25.0 Å². The molecule has 0 atom stereocenters. The van der Waals surface area contributed by atoms with Crippen LogP contribution in [-0.2, 0) is 13.7 Å². The molecule has 1 heterocycles. The largest absolute Gasteiger partial charge is 0.390 e. The highest BCUT2D eigenvalue weighted by Crippen LogP contribution is 2.23. The Morgan fingerprint density at radius 2 is 2.06 bits per heavy atom. The standard InChI is InChI=1S/C10H10N4O3/c1-13-9(6-15)10(11-12-13)7-2-4-8(5-3-7)14(16)17/h2-5,15H,6H2,1H3. The van der Waals surface area contributed by atoms with E-state index >= 15 is 0 Å². The number of aromatic nitrogens is 3. The number of hydrogen-bond acceptors (Lipinski definition) is 5. The zero-order valence-corrected chi connectivity index (χ0v) is 9.07. The fraction of sp³-hybridized carbons (Fsp3) is 0.200. The SMILES string of the molecule is Cn1nnc(-c2ccc([N+](=O)[O-])cc2)c1CO. The smallest absolute Gasteiger partial charge is 0.269 e. The molecule has 1 N–H and O–H groups in total. The quantitative estimate of drug-likeness (QED) is 0.628. The van der Waals surface area contributed by atoms with Crippen molar-refractivity contribution >= 4 is 5.69 Å². The molecule has 0 saturated carbocycles. The number of nitro groups is 1. The van der Waals surface area contributed by atoms with E-state index in [4.69, 9.17) is 0 Å². The first kappa shape index (κ1) is 11.2. The van der Waals surface area contributed by atoms with E-state index in [1.165, 1.54) is 16.8 Å². The van der Waals surface area contributed by atoms with Crippen molar-refractivity contribution in [2.75, 3.05) is 0 Å². The van der Waals surface area contributed by atoms with Crippen molar-refractivity contribution in [2.24, 2.45) is 7.05 Å². The van der Waals surface area contributed by atoms with Gasteiger partial charge in [0.2, 0.25) is 0 Å². The minimum atomic E-state index is -0.465. The van der Waals surface area contributed by atoms with Gasteiger partial charge in [-0.05, 0) is 12.1 Å². The summed E-state index contributed by atoms with van der Waals surface area (Å²) >= 11 is 0. The van der Waals surface area contributed by atoms with Gasteiger partial charge in [-0.3, -0.25) is 10.1 Å². The Morgan fingerprint density at radius 3 is 2.59 bits per heavy atom. The molecule has 0 amide bonds. The molecule has 17 heavy (non-hydrogen) atoms. The van der Waals surface area contributed by atoms with E-state index in [9.17, 15) is 15.2 Å². The molecule has 0 aliphatic heterocycles. The molecule has 0 bridgehead atoms. The Kier molecular flexibility index (Phi) is 2.84. The van der Waals surface area contributed by atoms with Crippen LogP contribution in [0.25, 0.3) is 11.3 Å². The first-order valence-corrected chi connectivity index (χ1v) is 4.87. The van der Waals surface area contributed by atoms with Crippen LogP contribution in [0.1, 0.15) is 5.69 Å². The van der Waals surface area contributed by atoms with Gasteiger partial charge in [-0.15, -0.1) is 5.10 Å². The first-order chi connectivity index (χ1) is 8.13. The number of aryl methyl sites for hydroxylation is 1. The molecule has 1 aromatic carbocycles. The van der Waals surface area contributed by atoms with Crippen molar-refractivity contribution in [3.05, 3.63) is 40.1 Å². The fourth-order valence-electron chi connectivity index (χ4n) is 1.52. The number of benzene rings is 1. The Hall–Kier alpha value is -2.28. The molecule has 0 fully saturated rings. The van der Waals surface area contributed by atoms with Gasteiger partial charge in [0.15, 0.2) is 0 Å². The van der Waals surface area contributed by atoms with Crippen LogP contribution in [0.4, 0.5) is 5.69 Å². The maximum absolute atomic E-state index is 10.5. The molecule has 0 aliphatic rings. The highest BCUT2D eigenvalue weighted by Gasteiger charge is 2.13. The number of rotatable bonds is 3. The lowest BCUT2D eigenvalue weighted by Gasteiger charge is -2.00. The summed E-state index contributed by atoms with van der Waals surface area (Å²) in [7, 11) is 1.67. The minimum absolute atomic E-state index is 0.0168. The maximum atomic E-state index is 10.5. The lowest BCUT2D eigenvalue weighted by Crippen LogP contribution is -1.98. The zero-order valence-electron chi connectivity index (χ0n) is 9.07. The van der Waals surface area contributed by atoms with Crippen molar-refractivity contribution in [3.63, 3.8) is 0 Å². The third-order valence-electron chi connectivity index (χ3n) is 2.44. The molecule has 7 nitrogen and oxygen atoms in total. The van der Waals surface area contributed by atoms with Gasteiger partial charge < -0.3 is 5.11 Å². The Balaban J connectivity index is 2.43. The second-order valence-electron chi connectivity index (χ2n) is 3.47. The van der Waals surface area contributed by atoms with Gasteiger partial charge in [0, 0.05) is 24.7 Å². The summed E-state index contributed by atoms with van der Waals surface area (Å²) in [5.74, 6) is 0. The van der Waals surface area contributed by atoms with Gasteiger partial charge in [0.25, 0.3) is 5.69 Å². The van der Waals surface area contributed by atoms with Crippen LogP contribution >= 0.6 is 0 Å². The van der Waals surface area contributed by atoms with Crippen molar-refractivity contribution in [3.8, 4) is 11.3 Å². The van der Waals surface area contributed by atoms with Gasteiger partial charge >= 0.3 is 0 Å². The summed E-state index contributed by atoms with van der Waals surface area (Å²) in [5, 5.41) is 27.4. The normalized spacial score (nSPS) is 10.5. The summed E-state index contributed by atoms with van der Waals surface area (Å²) in [6, 6.07) is 5.96. The van der Waals surface area contributed by atoms with Crippen LogP contribution in [0, 0.1) is 10.1 Å². The van der Waals surface area contributed by atoms with E-state index in [2.05, 4.69) is 10.3 Å². The predicted octanol–water partition coefficient (Wildman–Crippen LogP) is 0.883. The predicted molar refractivity (Wildman–Crippen MR) is 59.0 cm³/mol. The molecule has 1 aromatic heterocycles. The number of nitrogens with zero attached hydrogens (tertiary/aromatic N) is 4. The summed E-state index contributed by atoms with van der Waals surface area (Å²) in [4.78, 5) is 10.0. The summed E-state index contributed by atoms with van der Waals surface area (Å²) in [6.45, 7) is -0.185. The molecule has 2 aromatic rings. The molecular formula is C10H10N4O3. The van der Waals surface area contributed by atoms with E-state index in [-0.39, 0.29) is 12.3 Å². The Morgan fingerprint density at radius 1 is 1.41 bits per heavy atom. The molecular weight excluding hydrogens is 224 g/mol. The van der Waals surface area contributed by atoms with Crippen molar-refractivity contribution in [2.45, 2.75) is 6.61 Å². The van der Waals surface area contributed by atoms with Gasteiger partial charge in [-0.1, -0.05) is 5.21 Å². The molecule has 2 rings (SSSR count). The number of aliphatic hydroxyl groups is 1. The fourth-order valence-corrected chi connectivity index (χ4v) is 1.52. The van der Waals surface area contributed by atoms with Crippen LogP contribution in [0.15, 0.2) is 24.3 Å². The molecule has 0 saturated heterocycles. The van der Waals surface area contributed by atoms with E-state index in [0.29, 0.717) is 17.0 Å². The van der Waals surface area contributed by atoms with Gasteiger partial charge in [-0.25, -0.2) is 4.68 Å².